The summed E-state index contributed by atoms with van der Waals surface area (Å²) in [5, 5.41) is 2.62. The molecule has 1 aliphatic heterocycles. The number of benzene rings is 1. The highest BCUT2D eigenvalue weighted by atomic mass is 32.1. The van der Waals surface area contributed by atoms with Crippen molar-refractivity contribution in [2.45, 2.75) is 25.8 Å². The fourth-order valence-electron chi connectivity index (χ4n) is 3.61. The van der Waals surface area contributed by atoms with Crippen molar-refractivity contribution in [3.8, 4) is 22.6 Å². The van der Waals surface area contributed by atoms with Crippen LogP contribution in [0.5, 0.6) is 11.5 Å². The fourth-order valence-corrected chi connectivity index (χ4v) is 4.58. The molecule has 1 aliphatic rings. The monoisotopic (exact) mass is 385 g/mol. The second kappa shape index (κ2) is 7.70. The molecule has 0 unspecified atom stereocenters. The highest BCUT2D eigenvalue weighted by Crippen LogP contribution is 2.36. The van der Waals surface area contributed by atoms with E-state index in [4.69, 9.17) is 14.5 Å². The highest BCUT2D eigenvalue weighted by molar-refractivity contribution is 7.17. The molecule has 3 heterocycles. The first-order chi connectivity index (χ1) is 13.2. The van der Waals surface area contributed by atoms with Crippen LogP contribution in [0, 0.1) is 0 Å². The Morgan fingerprint density at radius 2 is 1.93 bits per heavy atom. The van der Waals surface area contributed by atoms with E-state index in [9.17, 15) is 4.79 Å². The maximum absolute atomic E-state index is 12.8. The number of ether oxygens (including phenoxy) is 2. The minimum Gasteiger partial charge on any atom is -0.493 e. The van der Waals surface area contributed by atoms with Gasteiger partial charge in [-0.25, -0.2) is 4.98 Å². The van der Waals surface area contributed by atoms with Crippen molar-refractivity contribution in [2.75, 3.05) is 27.3 Å². The van der Waals surface area contributed by atoms with Crippen LogP contribution in [0.3, 0.4) is 0 Å². The van der Waals surface area contributed by atoms with E-state index < -0.39 is 0 Å². The van der Waals surface area contributed by atoms with Crippen molar-refractivity contribution in [1.29, 1.82) is 0 Å². The zero-order valence-electron chi connectivity index (χ0n) is 15.6. The molecule has 0 aliphatic carbocycles. The number of H-pyrrole nitrogens is 1. The molecule has 2 aromatic heterocycles. The van der Waals surface area contributed by atoms with E-state index in [1.807, 2.05) is 23.6 Å². The average molecular weight is 385 g/mol. The Morgan fingerprint density at radius 1 is 1.15 bits per heavy atom. The van der Waals surface area contributed by atoms with Crippen molar-refractivity contribution in [3.05, 3.63) is 39.8 Å². The van der Waals surface area contributed by atoms with E-state index in [1.54, 1.807) is 14.2 Å². The predicted octanol–water partition coefficient (Wildman–Crippen LogP) is 3.65. The van der Waals surface area contributed by atoms with Crippen LogP contribution in [0.2, 0.25) is 0 Å². The second-order valence-corrected chi connectivity index (χ2v) is 7.61. The molecule has 6 nitrogen and oxygen atoms in total. The van der Waals surface area contributed by atoms with Crippen LogP contribution >= 0.6 is 11.3 Å². The third-order valence-corrected chi connectivity index (χ3v) is 5.88. The molecule has 142 valence electrons. The Hall–Kier alpha value is -2.38. The van der Waals surface area contributed by atoms with Gasteiger partial charge in [0.2, 0.25) is 0 Å². The molecular formula is C20H23N3O3S. The van der Waals surface area contributed by atoms with Gasteiger partial charge in [0.15, 0.2) is 11.5 Å². The van der Waals surface area contributed by atoms with Crippen molar-refractivity contribution >= 4 is 21.6 Å². The minimum absolute atomic E-state index is 0.0851. The van der Waals surface area contributed by atoms with Crippen LogP contribution < -0.4 is 15.0 Å². The number of thiophene rings is 1. The SMILES string of the molecule is COc1ccc(-c2csc3nc(CN4CCCCC4)[nH]c(=O)c23)cc1OC. The van der Waals surface area contributed by atoms with E-state index in [1.165, 1.54) is 30.6 Å². The van der Waals surface area contributed by atoms with Gasteiger partial charge in [-0.15, -0.1) is 11.3 Å². The summed E-state index contributed by atoms with van der Waals surface area (Å²) in [6, 6.07) is 5.68. The largest absolute Gasteiger partial charge is 0.493 e. The molecule has 0 amide bonds. The summed E-state index contributed by atoms with van der Waals surface area (Å²) in [5.74, 6) is 2.05. The van der Waals surface area contributed by atoms with Crippen LogP contribution in [0.1, 0.15) is 25.1 Å². The highest BCUT2D eigenvalue weighted by Gasteiger charge is 2.17. The van der Waals surface area contributed by atoms with E-state index >= 15 is 0 Å². The third-order valence-electron chi connectivity index (χ3n) is 5.01. The van der Waals surface area contributed by atoms with Gasteiger partial charge < -0.3 is 14.5 Å². The zero-order valence-corrected chi connectivity index (χ0v) is 16.4. The first-order valence-electron chi connectivity index (χ1n) is 9.14. The van der Waals surface area contributed by atoms with E-state index in [0.717, 1.165) is 34.9 Å². The van der Waals surface area contributed by atoms with Crippen LogP contribution in [0.4, 0.5) is 0 Å². The Labute approximate surface area is 161 Å². The molecule has 3 aromatic rings. The van der Waals surface area contributed by atoms with Gasteiger partial charge in [0.1, 0.15) is 10.7 Å². The molecule has 0 bridgehead atoms. The normalized spacial score (nSPS) is 15.2. The Kier molecular flexibility index (Phi) is 5.13. The van der Waals surface area contributed by atoms with Gasteiger partial charge in [0.05, 0.1) is 26.2 Å². The van der Waals surface area contributed by atoms with Crippen LogP contribution in [-0.2, 0) is 6.54 Å². The molecule has 7 heteroatoms. The lowest BCUT2D eigenvalue weighted by atomic mass is 10.1. The third kappa shape index (κ3) is 3.57. The lowest BCUT2D eigenvalue weighted by Gasteiger charge is -2.25. The van der Waals surface area contributed by atoms with E-state index in [-0.39, 0.29) is 5.56 Å². The summed E-state index contributed by atoms with van der Waals surface area (Å²) < 4.78 is 10.7. The number of hydrogen-bond donors (Lipinski definition) is 1. The van der Waals surface area contributed by atoms with Gasteiger partial charge in [-0.1, -0.05) is 12.5 Å². The number of aromatic amines is 1. The first kappa shape index (κ1) is 18.0. The summed E-state index contributed by atoms with van der Waals surface area (Å²) >= 11 is 1.50. The van der Waals surface area contributed by atoms with Crippen molar-refractivity contribution in [1.82, 2.24) is 14.9 Å². The van der Waals surface area contributed by atoms with Crippen LogP contribution in [-0.4, -0.2) is 42.2 Å². The number of aromatic nitrogens is 2. The molecule has 1 N–H and O–H groups in total. The summed E-state index contributed by atoms with van der Waals surface area (Å²) in [6.45, 7) is 2.85. The number of fused-ring (bicyclic) bond motifs is 1. The molecule has 1 aromatic carbocycles. The number of rotatable bonds is 5. The maximum Gasteiger partial charge on any atom is 0.260 e. The predicted molar refractivity (Wildman–Crippen MR) is 108 cm³/mol. The first-order valence-corrected chi connectivity index (χ1v) is 10.0. The quantitative estimate of drug-likeness (QED) is 0.726. The van der Waals surface area contributed by atoms with Crippen LogP contribution in [0.25, 0.3) is 21.3 Å². The fraction of sp³-hybridized carbons (Fsp3) is 0.400. The molecule has 1 saturated heterocycles. The number of nitrogens with one attached hydrogen (secondary N) is 1. The molecule has 27 heavy (non-hydrogen) atoms. The maximum atomic E-state index is 12.8. The van der Waals surface area contributed by atoms with Gasteiger partial charge in [-0.3, -0.25) is 9.69 Å². The van der Waals surface area contributed by atoms with Gasteiger partial charge in [-0.05, 0) is 43.6 Å². The zero-order chi connectivity index (χ0) is 18.8. The Bertz CT molecular complexity index is 1010. The van der Waals surface area contributed by atoms with Crippen molar-refractivity contribution < 1.29 is 9.47 Å². The standard InChI is InChI=1S/C20H23N3O3S/c1-25-15-7-6-13(10-16(15)26-2)14-12-27-20-18(14)19(24)21-17(22-20)11-23-8-4-3-5-9-23/h6-7,10,12H,3-5,8-9,11H2,1-2H3,(H,21,22,24). The number of hydrogen-bond acceptors (Lipinski definition) is 6. The van der Waals surface area contributed by atoms with Crippen molar-refractivity contribution in [3.63, 3.8) is 0 Å². The number of piperidine rings is 1. The van der Waals surface area contributed by atoms with E-state index in [2.05, 4.69) is 9.88 Å². The number of likely N-dealkylation sites (tertiary alicyclic amines) is 1. The van der Waals surface area contributed by atoms with Gasteiger partial charge in [0.25, 0.3) is 5.56 Å². The summed E-state index contributed by atoms with van der Waals surface area (Å²) in [7, 11) is 3.21. The summed E-state index contributed by atoms with van der Waals surface area (Å²) in [5.41, 5.74) is 1.70. The second-order valence-electron chi connectivity index (χ2n) is 6.75. The topological polar surface area (TPSA) is 67.5 Å². The molecule has 0 atom stereocenters. The molecule has 4 rings (SSSR count). The Balaban J connectivity index is 1.70. The minimum atomic E-state index is -0.0851. The summed E-state index contributed by atoms with van der Waals surface area (Å²) in [4.78, 5) is 23.6. The van der Waals surface area contributed by atoms with Gasteiger partial charge >= 0.3 is 0 Å². The summed E-state index contributed by atoms with van der Waals surface area (Å²) in [6.07, 6.45) is 3.73. The average Bonchev–Trinajstić information content (AvgIpc) is 3.12. The smallest absolute Gasteiger partial charge is 0.260 e. The van der Waals surface area contributed by atoms with Crippen molar-refractivity contribution in [2.24, 2.45) is 0 Å². The lowest BCUT2D eigenvalue weighted by molar-refractivity contribution is 0.216. The number of methoxy groups -OCH3 is 2. The van der Waals surface area contributed by atoms with E-state index in [0.29, 0.717) is 23.4 Å². The molecule has 0 spiro atoms. The molecule has 1 fully saturated rings. The van der Waals surface area contributed by atoms with Gasteiger partial charge in [-0.2, -0.15) is 0 Å². The molecular weight excluding hydrogens is 362 g/mol. The van der Waals surface area contributed by atoms with Crippen LogP contribution in [0.15, 0.2) is 28.4 Å². The Morgan fingerprint density at radius 3 is 2.67 bits per heavy atom. The van der Waals surface area contributed by atoms with Gasteiger partial charge in [0, 0.05) is 10.9 Å². The molecule has 0 radical (unpaired) electrons. The lowest BCUT2D eigenvalue weighted by Crippen LogP contribution is -2.30. The number of nitrogens with zero attached hydrogens (tertiary/aromatic N) is 2. The molecule has 0 saturated carbocycles.